The lowest BCUT2D eigenvalue weighted by atomic mass is 10.1. The van der Waals surface area contributed by atoms with Crippen LogP contribution in [-0.2, 0) is 20.9 Å². The maximum absolute atomic E-state index is 12.0. The summed E-state index contributed by atoms with van der Waals surface area (Å²) in [5.41, 5.74) is 7.08. The Hall–Kier alpha value is -1.63. The number of halogens is 1. The molecule has 1 aliphatic heterocycles. The zero-order valence-electron chi connectivity index (χ0n) is 12.5. The summed E-state index contributed by atoms with van der Waals surface area (Å²) in [7, 11) is 0. The molecule has 0 spiro atoms. The fraction of sp³-hybridized carbons (Fsp3) is 0.467. The molecule has 22 heavy (non-hydrogen) atoms. The summed E-state index contributed by atoms with van der Waals surface area (Å²) >= 11 is 0. The van der Waals surface area contributed by atoms with Crippen LogP contribution in [0.4, 0.5) is 5.69 Å². The Morgan fingerprint density at radius 3 is 2.86 bits per heavy atom. The van der Waals surface area contributed by atoms with Gasteiger partial charge in [0.2, 0.25) is 5.91 Å². The molecule has 2 atom stereocenters. The second-order valence-corrected chi connectivity index (χ2v) is 5.20. The molecule has 1 aliphatic rings. The lowest BCUT2D eigenvalue weighted by Gasteiger charge is -2.12. The van der Waals surface area contributed by atoms with Gasteiger partial charge in [-0.05, 0) is 37.5 Å². The molecule has 0 radical (unpaired) electrons. The molecule has 6 nitrogen and oxygen atoms in total. The van der Waals surface area contributed by atoms with Gasteiger partial charge in [-0.15, -0.1) is 12.4 Å². The van der Waals surface area contributed by atoms with Gasteiger partial charge in [-0.25, -0.2) is 0 Å². The molecule has 122 valence electrons. The molecule has 1 heterocycles. The molecule has 7 heteroatoms. The fourth-order valence-electron chi connectivity index (χ4n) is 2.12. The van der Waals surface area contributed by atoms with E-state index in [1.54, 1.807) is 6.92 Å². The normalized spacial score (nSPS) is 18.2. The first-order valence-electron chi connectivity index (χ1n) is 7.11. The van der Waals surface area contributed by atoms with E-state index < -0.39 is 6.04 Å². The maximum Gasteiger partial charge on any atom is 0.253 e. The number of carbonyl (C=O) groups excluding carboxylic acids is 2. The number of amides is 2. The van der Waals surface area contributed by atoms with E-state index in [2.05, 4.69) is 10.6 Å². The molecule has 1 unspecified atom stereocenters. The topological polar surface area (TPSA) is 93.5 Å². The average molecular weight is 328 g/mol. The minimum absolute atomic E-state index is 0. The highest BCUT2D eigenvalue weighted by molar-refractivity contribution is 5.94. The first-order valence-corrected chi connectivity index (χ1v) is 7.11. The lowest BCUT2D eigenvalue weighted by molar-refractivity contribution is -0.124. The zero-order valence-corrected chi connectivity index (χ0v) is 13.3. The predicted octanol–water partition coefficient (Wildman–Crippen LogP) is 1.19. The third kappa shape index (κ3) is 5.29. The third-order valence-electron chi connectivity index (χ3n) is 3.30. The van der Waals surface area contributed by atoms with Gasteiger partial charge in [0.25, 0.3) is 5.91 Å². The average Bonchev–Trinajstić information content (AvgIpc) is 2.99. The van der Waals surface area contributed by atoms with E-state index >= 15 is 0 Å². The number of hydrogen-bond acceptors (Lipinski definition) is 4. The monoisotopic (exact) mass is 327 g/mol. The zero-order chi connectivity index (χ0) is 15.2. The first-order chi connectivity index (χ1) is 10.1. The van der Waals surface area contributed by atoms with Crippen LogP contribution in [0.25, 0.3) is 0 Å². The summed E-state index contributed by atoms with van der Waals surface area (Å²) in [4.78, 5) is 23.4. The number of hydrogen-bond donors (Lipinski definition) is 3. The highest BCUT2D eigenvalue weighted by atomic mass is 35.5. The molecule has 1 aromatic carbocycles. The smallest absolute Gasteiger partial charge is 0.253 e. The molecule has 1 saturated heterocycles. The Balaban J connectivity index is 0.00000242. The van der Waals surface area contributed by atoms with Gasteiger partial charge in [-0.1, -0.05) is 12.1 Å². The van der Waals surface area contributed by atoms with Crippen LogP contribution in [0.2, 0.25) is 0 Å². The van der Waals surface area contributed by atoms with Crippen molar-refractivity contribution in [1.29, 1.82) is 0 Å². The van der Waals surface area contributed by atoms with Crippen molar-refractivity contribution in [3.8, 4) is 0 Å². The first kappa shape index (κ1) is 18.4. The van der Waals surface area contributed by atoms with Crippen LogP contribution < -0.4 is 16.4 Å². The summed E-state index contributed by atoms with van der Waals surface area (Å²) in [5, 5.41) is 5.57. The Morgan fingerprint density at radius 2 is 2.23 bits per heavy atom. The van der Waals surface area contributed by atoms with Gasteiger partial charge in [0.15, 0.2) is 0 Å². The van der Waals surface area contributed by atoms with Crippen LogP contribution >= 0.6 is 12.4 Å². The Labute approximate surface area is 136 Å². The third-order valence-corrected chi connectivity index (χ3v) is 3.30. The summed E-state index contributed by atoms with van der Waals surface area (Å²) in [6.07, 6.45) is 1.32. The summed E-state index contributed by atoms with van der Waals surface area (Å²) in [6.45, 7) is 2.65. The molecule has 4 N–H and O–H groups in total. The number of anilines is 1. The van der Waals surface area contributed by atoms with E-state index in [9.17, 15) is 9.59 Å². The molecule has 2 amide bonds. The minimum atomic E-state index is -0.535. The SMILES string of the molecule is C[C@@H](N)C(=O)NCc1cccc(NC(=O)C2CCCO2)c1.Cl. The molecule has 0 saturated carbocycles. The summed E-state index contributed by atoms with van der Waals surface area (Å²) in [5.74, 6) is -0.326. The van der Waals surface area contributed by atoms with E-state index in [4.69, 9.17) is 10.5 Å². The standard InChI is InChI=1S/C15H21N3O3.ClH/c1-10(16)14(19)17-9-11-4-2-5-12(8-11)18-15(20)13-6-3-7-21-13;/h2,4-5,8,10,13H,3,6-7,9,16H2,1H3,(H,17,19)(H,18,20);1H/t10-,13?;/m1./s1. The fourth-order valence-corrected chi connectivity index (χ4v) is 2.12. The van der Waals surface area contributed by atoms with E-state index in [0.717, 1.165) is 18.4 Å². The van der Waals surface area contributed by atoms with Crippen LogP contribution in [0.5, 0.6) is 0 Å². The van der Waals surface area contributed by atoms with E-state index in [1.807, 2.05) is 24.3 Å². The lowest BCUT2D eigenvalue weighted by Crippen LogP contribution is -2.37. The Morgan fingerprint density at radius 1 is 1.45 bits per heavy atom. The van der Waals surface area contributed by atoms with Crippen LogP contribution in [0.15, 0.2) is 24.3 Å². The van der Waals surface area contributed by atoms with Crippen LogP contribution in [-0.4, -0.2) is 30.6 Å². The van der Waals surface area contributed by atoms with Crippen molar-refractivity contribution in [3.63, 3.8) is 0 Å². The highest BCUT2D eigenvalue weighted by Crippen LogP contribution is 2.16. The van der Waals surface area contributed by atoms with E-state index in [-0.39, 0.29) is 30.3 Å². The van der Waals surface area contributed by atoms with Gasteiger partial charge in [0, 0.05) is 18.8 Å². The molecular weight excluding hydrogens is 306 g/mol. The van der Waals surface area contributed by atoms with Crippen molar-refractivity contribution in [2.75, 3.05) is 11.9 Å². The second-order valence-electron chi connectivity index (χ2n) is 5.20. The van der Waals surface area contributed by atoms with Gasteiger partial charge in [0.1, 0.15) is 6.10 Å². The van der Waals surface area contributed by atoms with Crippen molar-refractivity contribution in [2.45, 2.75) is 38.5 Å². The van der Waals surface area contributed by atoms with Crippen molar-refractivity contribution < 1.29 is 14.3 Å². The van der Waals surface area contributed by atoms with Gasteiger partial charge < -0.3 is 21.1 Å². The molecule has 1 aromatic rings. The van der Waals surface area contributed by atoms with Crippen molar-refractivity contribution in [1.82, 2.24) is 5.32 Å². The highest BCUT2D eigenvalue weighted by Gasteiger charge is 2.23. The minimum Gasteiger partial charge on any atom is -0.368 e. The van der Waals surface area contributed by atoms with Gasteiger partial charge >= 0.3 is 0 Å². The summed E-state index contributed by atoms with van der Waals surface area (Å²) < 4.78 is 5.34. The maximum atomic E-state index is 12.0. The van der Waals surface area contributed by atoms with Gasteiger partial charge in [0.05, 0.1) is 6.04 Å². The van der Waals surface area contributed by atoms with Crippen LogP contribution in [0.1, 0.15) is 25.3 Å². The van der Waals surface area contributed by atoms with E-state index in [0.29, 0.717) is 18.8 Å². The summed E-state index contributed by atoms with van der Waals surface area (Å²) in [6, 6.07) is 6.81. The molecule has 0 aromatic heterocycles. The number of nitrogens with two attached hydrogens (primary N) is 1. The number of benzene rings is 1. The number of carbonyl (C=O) groups is 2. The van der Waals surface area contributed by atoms with Gasteiger partial charge in [-0.2, -0.15) is 0 Å². The Bertz CT molecular complexity index is 517. The molecule has 0 aliphatic carbocycles. The molecule has 1 fully saturated rings. The van der Waals surface area contributed by atoms with Crippen molar-refractivity contribution >= 4 is 29.9 Å². The number of nitrogens with one attached hydrogen (secondary N) is 2. The molecule has 0 bridgehead atoms. The van der Waals surface area contributed by atoms with E-state index in [1.165, 1.54) is 0 Å². The van der Waals surface area contributed by atoms with Gasteiger partial charge in [-0.3, -0.25) is 9.59 Å². The number of rotatable bonds is 5. The second kappa shape index (κ2) is 8.73. The van der Waals surface area contributed by atoms with Crippen molar-refractivity contribution in [2.24, 2.45) is 5.73 Å². The number of ether oxygens (including phenoxy) is 1. The van der Waals surface area contributed by atoms with Crippen LogP contribution in [0, 0.1) is 0 Å². The predicted molar refractivity (Wildman–Crippen MR) is 86.8 cm³/mol. The van der Waals surface area contributed by atoms with Crippen LogP contribution in [0.3, 0.4) is 0 Å². The molecule has 2 rings (SSSR count). The quantitative estimate of drug-likeness (QED) is 0.757. The Kier molecular flexibility index (Phi) is 7.31. The van der Waals surface area contributed by atoms with Crippen molar-refractivity contribution in [3.05, 3.63) is 29.8 Å². The molecular formula is C15H22ClN3O3. The largest absolute Gasteiger partial charge is 0.368 e.